The quantitative estimate of drug-likeness (QED) is 0.604. The summed E-state index contributed by atoms with van der Waals surface area (Å²) < 4.78 is 13.2. The van der Waals surface area contributed by atoms with Crippen molar-refractivity contribution in [3.63, 3.8) is 0 Å². The van der Waals surface area contributed by atoms with E-state index in [1.54, 1.807) is 6.07 Å². The van der Waals surface area contributed by atoms with Crippen LogP contribution in [-0.4, -0.2) is 5.71 Å². The summed E-state index contributed by atoms with van der Waals surface area (Å²) in [5, 5.41) is 3.74. The zero-order valence-corrected chi connectivity index (χ0v) is 7.09. The molecule has 2 nitrogen and oxygen atoms in total. The van der Waals surface area contributed by atoms with E-state index in [1.165, 1.54) is 6.07 Å². The van der Waals surface area contributed by atoms with Crippen molar-refractivity contribution in [2.45, 2.75) is 12.8 Å². The lowest BCUT2D eigenvalue weighted by atomic mass is 10.1. The van der Waals surface area contributed by atoms with Gasteiger partial charge in [0.2, 0.25) is 0 Å². The van der Waals surface area contributed by atoms with Crippen LogP contribution in [0.5, 0.6) is 0 Å². The van der Waals surface area contributed by atoms with E-state index in [2.05, 4.69) is 17.1 Å². The van der Waals surface area contributed by atoms with Crippen LogP contribution in [0.2, 0.25) is 0 Å². The molecule has 1 aromatic rings. The third kappa shape index (κ3) is 1.30. The standard InChI is InChI=1S/C10H9FNO/c1-13-12-10-6-5-7-8(10)3-2-4-9(7)11/h2-4H,1,5-6H2/b12-10+. The van der Waals surface area contributed by atoms with Crippen molar-refractivity contribution in [2.75, 3.05) is 0 Å². The van der Waals surface area contributed by atoms with Crippen LogP contribution < -0.4 is 0 Å². The van der Waals surface area contributed by atoms with Crippen LogP contribution in [0.3, 0.4) is 0 Å². The molecule has 0 amide bonds. The van der Waals surface area contributed by atoms with Crippen molar-refractivity contribution in [2.24, 2.45) is 5.16 Å². The van der Waals surface area contributed by atoms with Gasteiger partial charge in [-0.2, -0.15) is 0 Å². The number of fused-ring (bicyclic) bond motifs is 1. The number of nitrogens with zero attached hydrogens (tertiary/aromatic N) is 1. The largest absolute Gasteiger partial charge is 0.392 e. The summed E-state index contributed by atoms with van der Waals surface area (Å²) in [7, 11) is 3.16. The molecule has 13 heavy (non-hydrogen) atoms. The van der Waals surface area contributed by atoms with Crippen molar-refractivity contribution in [1.29, 1.82) is 0 Å². The fourth-order valence-electron chi connectivity index (χ4n) is 1.63. The summed E-state index contributed by atoms with van der Waals surface area (Å²) in [6, 6.07) is 4.99. The number of oxime groups is 1. The van der Waals surface area contributed by atoms with Gasteiger partial charge < -0.3 is 4.84 Å². The Labute approximate surface area is 76.0 Å². The van der Waals surface area contributed by atoms with Crippen LogP contribution in [0, 0.1) is 12.9 Å². The predicted octanol–water partition coefficient (Wildman–Crippen LogP) is 2.28. The smallest absolute Gasteiger partial charge is 0.153 e. The highest BCUT2D eigenvalue weighted by molar-refractivity contribution is 6.04. The van der Waals surface area contributed by atoms with Gasteiger partial charge in [-0.25, -0.2) is 4.39 Å². The monoisotopic (exact) mass is 178 g/mol. The molecule has 3 heteroatoms. The van der Waals surface area contributed by atoms with Crippen LogP contribution in [0.4, 0.5) is 4.39 Å². The summed E-state index contributed by atoms with van der Waals surface area (Å²) in [6.45, 7) is 0. The summed E-state index contributed by atoms with van der Waals surface area (Å²) >= 11 is 0. The van der Waals surface area contributed by atoms with Crippen molar-refractivity contribution in [1.82, 2.24) is 0 Å². The van der Waals surface area contributed by atoms with Crippen LogP contribution in [-0.2, 0) is 11.3 Å². The van der Waals surface area contributed by atoms with Crippen molar-refractivity contribution in [3.8, 4) is 0 Å². The molecule has 0 saturated carbocycles. The Bertz CT molecular complexity index is 360. The predicted molar refractivity (Wildman–Crippen MR) is 47.7 cm³/mol. The molecular weight excluding hydrogens is 169 g/mol. The second-order valence-electron chi connectivity index (χ2n) is 2.93. The molecule has 0 N–H and O–H groups in total. The van der Waals surface area contributed by atoms with Crippen LogP contribution in [0.1, 0.15) is 17.5 Å². The van der Waals surface area contributed by atoms with Crippen LogP contribution in [0.25, 0.3) is 0 Å². The Morgan fingerprint density at radius 2 is 2.23 bits per heavy atom. The first-order valence-electron chi connectivity index (χ1n) is 4.08. The molecule has 0 atom stereocenters. The highest BCUT2D eigenvalue weighted by Crippen LogP contribution is 2.24. The van der Waals surface area contributed by atoms with Crippen molar-refractivity contribution in [3.05, 3.63) is 42.3 Å². The number of benzene rings is 1. The molecule has 0 aromatic heterocycles. The zero-order chi connectivity index (χ0) is 9.26. The second kappa shape index (κ2) is 3.17. The fraction of sp³-hybridized carbons (Fsp3) is 0.200. The average Bonchev–Trinajstić information content (AvgIpc) is 2.51. The van der Waals surface area contributed by atoms with E-state index in [4.69, 9.17) is 0 Å². The first kappa shape index (κ1) is 8.23. The van der Waals surface area contributed by atoms with E-state index in [0.717, 1.165) is 23.3 Å². The molecule has 1 aliphatic rings. The minimum Gasteiger partial charge on any atom is -0.392 e. The molecule has 0 spiro atoms. The van der Waals surface area contributed by atoms with Gasteiger partial charge in [-0.1, -0.05) is 17.3 Å². The lowest BCUT2D eigenvalue weighted by Gasteiger charge is -1.99. The van der Waals surface area contributed by atoms with Crippen molar-refractivity contribution < 1.29 is 9.23 Å². The maximum absolute atomic E-state index is 13.2. The molecule has 0 unspecified atom stereocenters. The summed E-state index contributed by atoms with van der Waals surface area (Å²) in [5.41, 5.74) is 2.37. The molecule has 0 aliphatic heterocycles. The van der Waals surface area contributed by atoms with Gasteiger partial charge in [0.1, 0.15) is 5.82 Å². The lowest BCUT2D eigenvalue weighted by molar-refractivity contribution is 0.260. The lowest BCUT2D eigenvalue weighted by Crippen LogP contribution is -1.95. The summed E-state index contributed by atoms with van der Waals surface area (Å²) in [6.07, 6.45) is 1.43. The van der Waals surface area contributed by atoms with E-state index in [-0.39, 0.29) is 5.82 Å². The van der Waals surface area contributed by atoms with Gasteiger partial charge in [-0.05, 0) is 24.5 Å². The minimum absolute atomic E-state index is 0.160. The second-order valence-corrected chi connectivity index (χ2v) is 2.93. The third-order valence-corrected chi connectivity index (χ3v) is 2.22. The van der Waals surface area contributed by atoms with E-state index in [0.29, 0.717) is 6.42 Å². The highest BCUT2D eigenvalue weighted by atomic mass is 19.1. The maximum atomic E-state index is 13.2. The third-order valence-electron chi connectivity index (χ3n) is 2.22. The molecule has 1 aliphatic carbocycles. The molecular formula is C10H9FNO. The summed E-state index contributed by atoms with van der Waals surface area (Å²) in [5.74, 6) is -0.160. The average molecular weight is 178 g/mol. The van der Waals surface area contributed by atoms with Gasteiger partial charge in [0.15, 0.2) is 7.11 Å². The van der Waals surface area contributed by atoms with E-state index >= 15 is 0 Å². The number of hydrogen-bond acceptors (Lipinski definition) is 2. The van der Waals surface area contributed by atoms with Gasteiger partial charge >= 0.3 is 0 Å². The Morgan fingerprint density at radius 1 is 1.38 bits per heavy atom. The zero-order valence-electron chi connectivity index (χ0n) is 7.09. The van der Waals surface area contributed by atoms with E-state index < -0.39 is 0 Å². The summed E-state index contributed by atoms with van der Waals surface area (Å²) in [4.78, 5) is 4.44. The Hall–Kier alpha value is -1.38. The van der Waals surface area contributed by atoms with Gasteiger partial charge in [0.25, 0.3) is 0 Å². The molecule has 67 valence electrons. The highest BCUT2D eigenvalue weighted by Gasteiger charge is 2.20. The van der Waals surface area contributed by atoms with Gasteiger partial charge in [0.05, 0.1) is 5.71 Å². The number of hydrogen-bond donors (Lipinski definition) is 0. The van der Waals surface area contributed by atoms with E-state index in [9.17, 15) is 4.39 Å². The van der Waals surface area contributed by atoms with Crippen LogP contribution >= 0.6 is 0 Å². The molecule has 1 radical (unpaired) electrons. The molecule has 1 aromatic carbocycles. The minimum atomic E-state index is -0.160. The number of halogens is 1. The van der Waals surface area contributed by atoms with E-state index in [1.807, 2.05) is 6.07 Å². The SMILES string of the molecule is [CH2]O/N=C1\CCc2c(F)cccc21. The first-order valence-corrected chi connectivity index (χ1v) is 4.08. The fourth-order valence-corrected chi connectivity index (χ4v) is 1.63. The van der Waals surface area contributed by atoms with Gasteiger partial charge in [-0.15, -0.1) is 0 Å². The van der Waals surface area contributed by atoms with Gasteiger partial charge in [0, 0.05) is 5.56 Å². The molecule has 0 saturated heterocycles. The Balaban J connectivity index is 2.49. The molecule has 0 fully saturated rings. The Kier molecular flexibility index (Phi) is 2.00. The van der Waals surface area contributed by atoms with Crippen molar-refractivity contribution >= 4 is 5.71 Å². The molecule has 0 heterocycles. The molecule has 0 bridgehead atoms. The molecule has 2 rings (SSSR count). The van der Waals surface area contributed by atoms with Gasteiger partial charge in [-0.3, -0.25) is 0 Å². The van der Waals surface area contributed by atoms with Crippen LogP contribution in [0.15, 0.2) is 23.4 Å². The number of rotatable bonds is 1. The maximum Gasteiger partial charge on any atom is 0.153 e. The Morgan fingerprint density at radius 3 is 3.00 bits per heavy atom. The normalized spacial score (nSPS) is 17.5. The first-order chi connectivity index (χ1) is 6.33. The topological polar surface area (TPSA) is 21.6 Å².